The SMILES string of the molecule is CC(ONC(=O)CC1CCC(NC(=O)OCC2c3ccccc3-c3ccccc32)C1)C(=O)O. The normalized spacial score (nSPS) is 19.9. The minimum Gasteiger partial charge on any atom is -0.479 e. The standard InChI is InChI=1S/C25H28N2O6/c1-15(24(29)30)33-27-23(28)13-16-10-11-17(12-16)26-25(31)32-14-22-20-8-4-2-6-18(20)19-7-3-5-9-21(19)22/h2-9,15-17,22H,10-14H2,1H3,(H,26,31)(H,27,28)(H,29,30). The maximum Gasteiger partial charge on any atom is 0.407 e. The number of carboxylic acid groups (broad SMARTS) is 1. The van der Waals surface area contributed by atoms with E-state index in [0.717, 1.165) is 24.0 Å². The topological polar surface area (TPSA) is 114 Å². The zero-order chi connectivity index (χ0) is 23.4. The Kier molecular flexibility index (Phi) is 6.93. The van der Waals surface area contributed by atoms with Gasteiger partial charge in [0.1, 0.15) is 6.61 Å². The van der Waals surface area contributed by atoms with E-state index in [-0.39, 0.29) is 36.8 Å². The number of carbonyl (C=O) groups excluding carboxylic acids is 2. The third-order valence-corrected chi connectivity index (χ3v) is 6.38. The maximum absolute atomic E-state index is 12.5. The summed E-state index contributed by atoms with van der Waals surface area (Å²) in [5.74, 6) is -1.41. The molecular weight excluding hydrogens is 424 g/mol. The van der Waals surface area contributed by atoms with E-state index in [2.05, 4.69) is 35.1 Å². The van der Waals surface area contributed by atoms with E-state index in [0.29, 0.717) is 6.42 Å². The van der Waals surface area contributed by atoms with Crippen molar-refractivity contribution in [2.45, 2.75) is 50.7 Å². The zero-order valence-electron chi connectivity index (χ0n) is 18.5. The van der Waals surface area contributed by atoms with Gasteiger partial charge in [-0.05, 0) is 54.4 Å². The molecule has 0 bridgehead atoms. The molecule has 8 nitrogen and oxygen atoms in total. The monoisotopic (exact) mass is 452 g/mol. The third kappa shape index (κ3) is 5.34. The largest absolute Gasteiger partial charge is 0.479 e. The molecule has 0 aromatic heterocycles. The molecule has 2 aromatic rings. The molecule has 2 aliphatic rings. The molecule has 0 heterocycles. The van der Waals surface area contributed by atoms with Crippen LogP contribution in [0.1, 0.15) is 49.7 Å². The summed E-state index contributed by atoms with van der Waals surface area (Å²) in [6.45, 7) is 1.60. The lowest BCUT2D eigenvalue weighted by Gasteiger charge is -2.17. The predicted molar refractivity (Wildman–Crippen MR) is 120 cm³/mol. The first-order valence-corrected chi connectivity index (χ1v) is 11.2. The van der Waals surface area contributed by atoms with Crippen LogP contribution >= 0.6 is 0 Å². The molecule has 3 N–H and O–H groups in total. The number of alkyl carbamates (subject to hydrolysis) is 1. The number of carbonyl (C=O) groups is 3. The average Bonchev–Trinajstić information content (AvgIpc) is 3.37. The van der Waals surface area contributed by atoms with Gasteiger partial charge in [-0.2, -0.15) is 0 Å². The van der Waals surface area contributed by atoms with Crippen molar-refractivity contribution in [3.63, 3.8) is 0 Å². The Morgan fingerprint density at radius 3 is 2.30 bits per heavy atom. The van der Waals surface area contributed by atoms with Gasteiger partial charge >= 0.3 is 12.1 Å². The highest BCUT2D eigenvalue weighted by Gasteiger charge is 2.31. The molecule has 174 valence electrons. The van der Waals surface area contributed by atoms with E-state index in [9.17, 15) is 14.4 Å². The maximum atomic E-state index is 12.5. The molecule has 0 radical (unpaired) electrons. The Morgan fingerprint density at radius 1 is 1.03 bits per heavy atom. The van der Waals surface area contributed by atoms with Gasteiger partial charge in [0, 0.05) is 18.4 Å². The number of aliphatic carboxylic acids is 1. The van der Waals surface area contributed by atoms with Crippen molar-refractivity contribution in [1.29, 1.82) is 0 Å². The van der Waals surface area contributed by atoms with Gasteiger partial charge in [0.15, 0.2) is 6.10 Å². The number of rotatable bonds is 8. The second-order valence-corrected chi connectivity index (χ2v) is 8.67. The Hall–Kier alpha value is -3.39. The van der Waals surface area contributed by atoms with Crippen LogP contribution < -0.4 is 10.8 Å². The summed E-state index contributed by atoms with van der Waals surface area (Å²) in [6.07, 6.45) is 0.859. The Labute approximate surface area is 192 Å². The number of hydrogen-bond acceptors (Lipinski definition) is 5. The zero-order valence-corrected chi connectivity index (χ0v) is 18.5. The fourth-order valence-corrected chi connectivity index (χ4v) is 4.71. The summed E-state index contributed by atoms with van der Waals surface area (Å²) in [7, 11) is 0. The van der Waals surface area contributed by atoms with Crippen LogP contribution in [0.3, 0.4) is 0 Å². The van der Waals surface area contributed by atoms with Crippen LogP contribution in [0.5, 0.6) is 0 Å². The highest BCUT2D eigenvalue weighted by atomic mass is 16.7. The quantitative estimate of drug-likeness (QED) is 0.528. The van der Waals surface area contributed by atoms with Crippen molar-refractivity contribution in [2.75, 3.05) is 6.61 Å². The molecule has 33 heavy (non-hydrogen) atoms. The van der Waals surface area contributed by atoms with E-state index in [1.54, 1.807) is 0 Å². The molecule has 3 unspecified atom stereocenters. The first kappa shape index (κ1) is 22.8. The summed E-state index contributed by atoms with van der Waals surface area (Å²) >= 11 is 0. The van der Waals surface area contributed by atoms with E-state index >= 15 is 0 Å². The summed E-state index contributed by atoms with van der Waals surface area (Å²) in [4.78, 5) is 40.0. The van der Waals surface area contributed by atoms with E-state index < -0.39 is 18.2 Å². The predicted octanol–water partition coefficient (Wildman–Crippen LogP) is 3.60. The van der Waals surface area contributed by atoms with Crippen LogP contribution in [0.15, 0.2) is 48.5 Å². The number of hydroxylamine groups is 1. The second kappa shape index (κ2) is 10.0. The van der Waals surface area contributed by atoms with Crippen molar-refractivity contribution in [2.24, 2.45) is 5.92 Å². The molecule has 2 aliphatic carbocycles. The molecule has 8 heteroatoms. The number of fused-ring (bicyclic) bond motifs is 3. The minimum absolute atomic E-state index is 0.0105. The molecule has 4 rings (SSSR count). The van der Waals surface area contributed by atoms with Crippen LogP contribution in [-0.4, -0.2) is 41.8 Å². The Bertz CT molecular complexity index is 994. The highest BCUT2D eigenvalue weighted by molar-refractivity contribution is 5.79. The van der Waals surface area contributed by atoms with Gasteiger partial charge < -0.3 is 15.2 Å². The number of amides is 2. The first-order valence-electron chi connectivity index (χ1n) is 11.2. The van der Waals surface area contributed by atoms with Crippen LogP contribution in [0.4, 0.5) is 4.79 Å². The van der Waals surface area contributed by atoms with Gasteiger partial charge in [0.25, 0.3) is 0 Å². The molecule has 0 aliphatic heterocycles. The Balaban J connectivity index is 1.24. The van der Waals surface area contributed by atoms with E-state index in [1.807, 2.05) is 24.3 Å². The van der Waals surface area contributed by atoms with Crippen LogP contribution in [0, 0.1) is 5.92 Å². The average molecular weight is 453 g/mol. The number of hydrogen-bond donors (Lipinski definition) is 3. The van der Waals surface area contributed by atoms with Crippen molar-refractivity contribution < 1.29 is 29.1 Å². The lowest BCUT2D eigenvalue weighted by atomic mass is 9.98. The third-order valence-electron chi connectivity index (χ3n) is 6.38. The van der Waals surface area contributed by atoms with Crippen LogP contribution in [-0.2, 0) is 19.2 Å². The lowest BCUT2D eigenvalue weighted by molar-refractivity contribution is -0.159. The second-order valence-electron chi connectivity index (χ2n) is 8.67. The number of carboxylic acids is 1. The van der Waals surface area contributed by atoms with Gasteiger partial charge in [0.2, 0.25) is 5.91 Å². The molecule has 0 saturated heterocycles. The molecule has 3 atom stereocenters. The smallest absolute Gasteiger partial charge is 0.407 e. The van der Waals surface area contributed by atoms with Gasteiger partial charge in [-0.3, -0.25) is 9.63 Å². The summed E-state index contributed by atoms with van der Waals surface area (Å²) in [6, 6.07) is 16.3. The van der Waals surface area contributed by atoms with E-state index in [4.69, 9.17) is 14.7 Å². The van der Waals surface area contributed by atoms with Crippen LogP contribution in [0.2, 0.25) is 0 Å². The summed E-state index contributed by atoms with van der Waals surface area (Å²) in [5, 5.41) is 11.7. The fourth-order valence-electron chi connectivity index (χ4n) is 4.71. The lowest BCUT2D eigenvalue weighted by Crippen LogP contribution is -2.35. The van der Waals surface area contributed by atoms with Gasteiger partial charge in [-0.1, -0.05) is 48.5 Å². The summed E-state index contributed by atoms with van der Waals surface area (Å²) in [5.41, 5.74) is 6.87. The number of ether oxygens (including phenoxy) is 1. The molecule has 0 spiro atoms. The Morgan fingerprint density at radius 2 is 1.67 bits per heavy atom. The van der Waals surface area contributed by atoms with Gasteiger partial charge in [-0.15, -0.1) is 0 Å². The van der Waals surface area contributed by atoms with Crippen LogP contribution in [0.25, 0.3) is 11.1 Å². The highest BCUT2D eigenvalue weighted by Crippen LogP contribution is 2.44. The summed E-state index contributed by atoms with van der Waals surface area (Å²) < 4.78 is 5.60. The molecule has 2 aromatic carbocycles. The van der Waals surface area contributed by atoms with Crippen molar-refractivity contribution >= 4 is 18.0 Å². The molecule has 1 fully saturated rings. The molecular formula is C25H28N2O6. The van der Waals surface area contributed by atoms with Crippen molar-refractivity contribution in [3.05, 3.63) is 59.7 Å². The van der Waals surface area contributed by atoms with Crippen molar-refractivity contribution in [1.82, 2.24) is 10.8 Å². The number of nitrogens with one attached hydrogen (secondary N) is 2. The van der Waals surface area contributed by atoms with E-state index in [1.165, 1.54) is 18.1 Å². The molecule has 1 saturated carbocycles. The fraction of sp³-hybridized carbons (Fsp3) is 0.400. The molecule has 2 amide bonds. The number of benzene rings is 2. The van der Waals surface area contributed by atoms with Crippen molar-refractivity contribution in [3.8, 4) is 11.1 Å². The van der Waals surface area contributed by atoms with Gasteiger partial charge in [0.05, 0.1) is 0 Å². The minimum atomic E-state index is -1.15. The van der Waals surface area contributed by atoms with Gasteiger partial charge in [-0.25, -0.2) is 15.1 Å². The first-order chi connectivity index (χ1) is 15.9.